The number of furan rings is 1. The van der Waals surface area contributed by atoms with E-state index < -0.39 is 0 Å². The Bertz CT molecular complexity index is 3320. The van der Waals surface area contributed by atoms with Gasteiger partial charge in [0.2, 0.25) is 0 Å². The topological polar surface area (TPSA) is 54.5 Å². The van der Waals surface area contributed by atoms with Crippen LogP contribution >= 0.6 is 11.3 Å². The van der Waals surface area contributed by atoms with Crippen LogP contribution in [0, 0.1) is 0 Å². The zero-order valence-corrected chi connectivity index (χ0v) is 31.5. The van der Waals surface area contributed by atoms with Crippen LogP contribution in [-0.2, 0) is 0 Å². The number of nitrogens with zero attached hydrogens (tertiary/aromatic N) is 2. The minimum atomic E-state index is -0.196. The van der Waals surface area contributed by atoms with Gasteiger partial charge in [-0.3, -0.25) is 5.32 Å². The van der Waals surface area contributed by atoms with E-state index in [0.717, 1.165) is 50.0 Å². The van der Waals surface area contributed by atoms with Gasteiger partial charge in [-0.25, -0.2) is 4.99 Å². The van der Waals surface area contributed by atoms with Crippen molar-refractivity contribution in [3.05, 3.63) is 199 Å². The molecule has 0 aliphatic carbocycles. The van der Waals surface area contributed by atoms with Crippen molar-refractivity contribution in [3.8, 4) is 16.8 Å². The van der Waals surface area contributed by atoms with E-state index in [1.54, 1.807) is 0 Å². The third kappa shape index (κ3) is 5.22. The van der Waals surface area contributed by atoms with Crippen LogP contribution in [0.15, 0.2) is 191 Å². The van der Waals surface area contributed by atoms with Crippen molar-refractivity contribution in [2.75, 3.05) is 0 Å². The number of fused-ring (bicyclic) bond motifs is 9. The SMILES string of the molecule is c1ccc(C2N=C(c3ccc4oc5ccc(-c6ccc7c(c6)sc6cccc(-n8c9ccccc9c9ccccc98)c67)cc5c4c3)NC(c3ccccc3)N2)cc1. The molecule has 0 amide bonds. The van der Waals surface area contributed by atoms with Crippen molar-refractivity contribution in [2.24, 2.45) is 4.99 Å². The van der Waals surface area contributed by atoms with E-state index in [2.05, 4.69) is 185 Å². The van der Waals surface area contributed by atoms with Gasteiger partial charge in [0.05, 0.1) is 16.7 Å². The Labute approximate surface area is 332 Å². The predicted octanol–water partition coefficient (Wildman–Crippen LogP) is 13.1. The van der Waals surface area contributed by atoms with Crippen molar-refractivity contribution >= 4 is 81.1 Å². The first-order valence-corrected chi connectivity index (χ1v) is 20.2. The smallest absolute Gasteiger partial charge is 0.135 e. The molecule has 8 aromatic carbocycles. The number of hydrogen-bond donors (Lipinski definition) is 2. The average Bonchev–Trinajstić information content (AvgIpc) is 3.95. The first kappa shape index (κ1) is 32.3. The van der Waals surface area contributed by atoms with Crippen LogP contribution in [-0.4, -0.2) is 10.4 Å². The minimum absolute atomic E-state index is 0.103. The molecular weight excluding hydrogens is 717 g/mol. The average molecular weight is 751 g/mol. The maximum atomic E-state index is 6.41. The molecule has 2 atom stereocenters. The first-order chi connectivity index (χ1) is 28.2. The van der Waals surface area contributed by atoms with Gasteiger partial charge < -0.3 is 14.3 Å². The van der Waals surface area contributed by atoms with Gasteiger partial charge >= 0.3 is 0 Å². The Kier molecular flexibility index (Phi) is 7.24. The summed E-state index contributed by atoms with van der Waals surface area (Å²) in [6.45, 7) is 0. The van der Waals surface area contributed by atoms with Gasteiger partial charge in [0.1, 0.15) is 29.3 Å². The standard InChI is InChI=1S/C51H34N4OS/c1-3-12-31(13-4-1)49-52-50(32-14-5-2-6-15-32)54-51(53-49)35-24-27-45-40(29-35)39-28-33(23-26-44(39)56-45)34-22-25-38-47(30-34)57-46-21-11-20-43(48(38)46)55-41-18-9-7-16-36(41)37-17-8-10-19-42(37)55/h1-30,49-50,52H,(H,53,54). The molecule has 0 radical (unpaired) electrons. The number of benzene rings is 8. The zero-order chi connectivity index (χ0) is 37.5. The molecule has 270 valence electrons. The van der Waals surface area contributed by atoms with E-state index in [-0.39, 0.29) is 12.3 Å². The molecule has 0 bridgehead atoms. The van der Waals surface area contributed by atoms with E-state index in [4.69, 9.17) is 9.41 Å². The lowest BCUT2D eigenvalue weighted by Crippen LogP contribution is -2.44. The molecule has 12 rings (SSSR count). The second-order valence-corrected chi connectivity index (χ2v) is 15.9. The number of nitrogens with one attached hydrogen (secondary N) is 2. The molecule has 11 aromatic rings. The molecule has 3 aromatic heterocycles. The van der Waals surface area contributed by atoms with Crippen molar-refractivity contribution in [3.63, 3.8) is 0 Å². The fourth-order valence-corrected chi connectivity index (χ4v) is 9.95. The van der Waals surface area contributed by atoms with Gasteiger partial charge in [0.25, 0.3) is 0 Å². The summed E-state index contributed by atoms with van der Waals surface area (Å²) >= 11 is 1.86. The quantitative estimate of drug-likeness (QED) is 0.184. The summed E-state index contributed by atoms with van der Waals surface area (Å²) in [6, 6.07) is 65.0. The largest absolute Gasteiger partial charge is 0.456 e. The zero-order valence-electron chi connectivity index (χ0n) is 30.7. The Balaban J connectivity index is 0.953. The number of aromatic nitrogens is 1. The van der Waals surface area contributed by atoms with Gasteiger partial charge in [-0.2, -0.15) is 0 Å². The Morgan fingerprint density at radius 3 is 1.84 bits per heavy atom. The highest BCUT2D eigenvalue weighted by atomic mass is 32.1. The van der Waals surface area contributed by atoms with Gasteiger partial charge in [0.15, 0.2) is 0 Å². The predicted molar refractivity (Wildman–Crippen MR) is 238 cm³/mol. The fraction of sp³-hybridized carbons (Fsp3) is 0.0392. The summed E-state index contributed by atoms with van der Waals surface area (Å²) in [4.78, 5) is 5.20. The van der Waals surface area contributed by atoms with Crippen LogP contribution in [0.2, 0.25) is 0 Å². The highest BCUT2D eigenvalue weighted by Gasteiger charge is 2.26. The highest BCUT2D eigenvalue weighted by molar-refractivity contribution is 7.26. The molecule has 2 unspecified atom stereocenters. The van der Waals surface area contributed by atoms with E-state index in [1.165, 1.54) is 53.2 Å². The van der Waals surface area contributed by atoms with Crippen LogP contribution in [0.1, 0.15) is 29.0 Å². The van der Waals surface area contributed by atoms with Gasteiger partial charge in [-0.05, 0) is 82.9 Å². The second-order valence-electron chi connectivity index (χ2n) is 14.8. The molecule has 4 heterocycles. The van der Waals surface area contributed by atoms with Crippen molar-refractivity contribution < 1.29 is 4.42 Å². The fourth-order valence-electron chi connectivity index (χ4n) is 8.79. The van der Waals surface area contributed by atoms with Crippen LogP contribution in [0.25, 0.3) is 80.7 Å². The third-order valence-electron chi connectivity index (χ3n) is 11.5. The monoisotopic (exact) mass is 750 g/mol. The molecule has 1 aliphatic rings. The van der Waals surface area contributed by atoms with Crippen LogP contribution in [0.3, 0.4) is 0 Å². The van der Waals surface area contributed by atoms with Gasteiger partial charge in [-0.15, -0.1) is 11.3 Å². The number of aliphatic imine (C=N–C) groups is 1. The van der Waals surface area contributed by atoms with E-state index in [1.807, 2.05) is 23.5 Å². The van der Waals surface area contributed by atoms with Gasteiger partial charge in [-0.1, -0.05) is 121 Å². The Morgan fingerprint density at radius 1 is 0.491 bits per heavy atom. The highest BCUT2D eigenvalue weighted by Crippen LogP contribution is 2.43. The van der Waals surface area contributed by atoms with Crippen molar-refractivity contribution in [1.29, 1.82) is 0 Å². The number of thiophene rings is 1. The van der Waals surface area contributed by atoms with Crippen LogP contribution in [0.5, 0.6) is 0 Å². The van der Waals surface area contributed by atoms with Crippen molar-refractivity contribution in [2.45, 2.75) is 12.3 Å². The number of hydrogen-bond acceptors (Lipinski definition) is 5. The first-order valence-electron chi connectivity index (χ1n) is 19.3. The number of rotatable bonds is 5. The lowest BCUT2D eigenvalue weighted by Gasteiger charge is -2.32. The van der Waals surface area contributed by atoms with Crippen LogP contribution in [0.4, 0.5) is 0 Å². The van der Waals surface area contributed by atoms with E-state index >= 15 is 0 Å². The summed E-state index contributed by atoms with van der Waals surface area (Å²) in [5, 5.41) is 14.7. The summed E-state index contributed by atoms with van der Waals surface area (Å²) in [6.07, 6.45) is -0.299. The Hall–Kier alpha value is -6.99. The van der Waals surface area contributed by atoms with Gasteiger partial charge in [0, 0.05) is 47.3 Å². The summed E-state index contributed by atoms with van der Waals surface area (Å²) in [5.41, 5.74) is 11.0. The molecule has 0 spiro atoms. The van der Waals surface area contributed by atoms with E-state index in [9.17, 15) is 0 Å². The van der Waals surface area contributed by atoms with Crippen molar-refractivity contribution in [1.82, 2.24) is 15.2 Å². The van der Waals surface area contributed by atoms with Crippen LogP contribution < -0.4 is 10.6 Å². The molecular formula is C51H34N4OS. The molecule has 1 aliphatic heterocycles. The molecule has 5 nitrogen and oxygen atoms in total. The second kappa shape index (κ2) is 12.8. The molecule has 6 heteroatoms. The number of amidine groups is 1. The maximum absolute atomic E-state index is 6.41. The molecule has 0 saturated heterocycles. The molecule has 57 heavy (non-hydrogen) atoms. The maximum Gasteiger partial charge on any atom is 0.135 e. The summed E-state index contributed by atoms with van der Waals surface area (Å²) in [7, 11) is 0. The molecule has 2 N–H and O–H groups in total. The molecule has 0 fully saturated rings. The summed E-state index contributed by atoms with van der Waals surface area (Å²) < 4.78 is 11.4. The Morgan fingerprint density at radius 2 is 1.11 bits per heavy atom. The minimum Gasteiger partial charge on any atom is -0.456 e. The number of para-hydroxylation sites is 2. The normalized spacial score (nSPS) is 15.9. The summed E-state index contributed by atoms with van der Waals surface area (Å²) in [5.74, 6) is 0.847. The third-order valence-corrected chi connectivity index (χ3v) is 12.6. The lowest BCUT2D eigenvalue weighted by molar-refractivity contribution is 0.409. The lowest BCUT2D eigenvalue weighted by atomic mass is 10.0. The molecule has 0 saturated carbocycles. The van der Waals surface area contributed by atoms with E-state index in [0.29, 0.717) is 0 Å².